The third-order valence-corrected chi connectivity index (χ3v) is 14.3. The van der Waals surface area contributed by atoms with E-state index in [9.17, 15) is 68.1 Å². The van der Waals surface area contributed by atoms with Crippen molar-refractivity contribution in [2.75, 3.05) is 31.6 Å². The molecule has 80 heavy (non-hydrogen) atoms. The van der Waals surface area contributed by atoms with Gasteiger partial charge in [0.15, 0.2) is 0 Å². The summed E-state index contributed by atoms with van der Waals surface area (Å²) in [6.07, 6.45) is 3.26. The zero-order chi connectivity index (χ0) is 59.1. The van der Waals surface area contributed by atoms with Crippen LogP contribution in [0.15, 0.2) is 54.7 Å². The quantitative estimate of drug-likeness (QED) is 0.0311. The molecule has 1 fully saturated rings. The molecule has 17 N–H and O–H groups in total. The Hall–Kier alpha value is -7.78. The van der Waals surface area contributed by atoms with Crippen molar-refractivity contribution < 1.29 is 68.1 Å². The summed E-state index contributed by atoms with van der Waals surface area (Å²) in [4.78, 5) is 152. The van der Waals surface area contributed by atoms with E-state index in [1.54, 1.807) is 26.3 Å². The van der Waals surface area contributed by atoms with Crippen molar-refractivity contribution in [1.29, 1.82) is 0 Å². The largest absolute Gasteiger partial charge is 0.508 e. The molecule has 9 amide bonds. The number of fused-ring (bicyclic) bond motifs is 1. The highest BCUT2D eigenvalue weighted by Crippen LogP contribution is 2.23. The first-order chi connectivity index (χ1) is 38.1. The summed E-state index contributed by atoms with van der Waals surface area (Å²) in [6.45, 7) is 3.25. The summed E-state index contributed by atoms with van der Waals surface area (Å²) in [7, 11) is 0. The molecule has 1 aromatic heterocycles. The Bertz CT molecular complexity index is 2650. The van der Waals surface area contributed by atoms with E-state index in [4.69, 9.17) is 17.2 Å². The smallest absolute Gasteiger partial charge is 0.326 e. The molecule has 3 aromatic rings. The number of likely N-dealkylation sites (tertiary alicyclic amines) is 1. The number of thioether (sulfide) groups is 1. The number of H-pyrrole nitrogens is 1. The van der Waals surface area contributed by atoms with Gasteiger partial charge in [-0.1, -0.05) is 50.6 Å². The molecule has 2 aromatic carbocycles. The Kier molecular flexibility index (Phi) is 26.2. The fourth-order valence-electron chi connectivity index (χ4n) is 9.05. The van der Waals surface area contributed by atoms with E-state index in [1.807, 2.05) is 24.3 Å². The zero-order valence-corrected chi connectivity index (χ0v) is 45.9. The number of hydrogen-bond acceptors (Lipinski definition) is 15. The van der Waals surface area contributed by atoms with Crippen molar-refractivity contribution >= 4 is 87.8 Å². The third kappa shape index (κ3) is 19.8. The number of unbranched alkanes of at least 4 members (excludes halogenated alkanes) is 1. The van der Waals surface area contributed by atoms with Gasteiger partial charge in [0, 0.05) is 42.9 Å². The first-order valence-corrected chi connectivity index (χ1v) is 27.9. The summed E-state index contributed by atoms with van der Waals surface area (Å²) in [6, 6.07) is 1.72. The lowest BCUT2D eigenvalue weighted by atomic mass is 9.96. The van der Waals surface area contributed by atoms with E-state index < -0.39 is 145 Å². The van der Waals surface area contributed by atoms with E-state index >= 15 is 0 Å². The fourth-order valence-corrected chi connectivity index (χ4v) is 9.52. The second-order valence-electron chi connectivity index (χ2n) is 19.6. The molecule has 9 atom stereocenters. The first-order valence-electron chi connectivity index (χ1n) is 26.5. The number of phenolic OH excluding ortho intramolecular Hbond substituents is 1. The Morgan fingerprint density at radius 3 is 1.99 bits per heavy atom. The van der Waals surface area contributed by atoms with Crippen LogP contribution < -0.4 is 54.4 Å². The van der Waals surface area contributed by atoms with Gasteiger partial charge in [0.2, 0.25) is 53.2 Å². The summed E-state index contributed by atoms with van der Waals surface area (Å²) >= 11 is 1.37. The number of para-hydroxylation sites is 1. The minimum absolute atomic E-state index is 0.0571. The summed E-state index contributed by atoms with van der Waals surface area (Å²) in [5, 5.41) is 48.2. The molecule has 26 nitrogen and oxygen atoms in total. The number of aromatic hydroxyl groups is 1. The normalized spacial score (nSPS) is 16.1. The highest BCUT2D eigenvalue weighted by molar-refractivity contribution is 7.98. The molecule has 0 unspecified atom stereocenters. The minimum Gasteiger partial charge on any atom is -0.508 e. The molecular formula is C53H76N12O14S. The van der Waals surface area contributed by atoms with Crippen LogP contribution in [-0.2, 0) is 65.6 Å². The van der Waals surface area contributed by atoms with Crippen molar-refractivity contribution in [3.8, 4) is 5.75 Å². The van der Waals surface area contributed by atoms with E-state index in [2.05, 4.69) is 42.2 Å². The number of carbonyl (C=O) groups excluding carboxylic acids is 9. The topological polar surface area (TPSA) is 430 Å². The second kappa shape index (κ2) is 32.3. The Morgan fingerprint density at radius 2 is 1.35 bits per heavy atom. The maximum Gasteiger partial charge on any atom is 0.326 e. The lowest BCUT2D eigenvalue weighted by Gasteiger charge is -2.32. The maximum absolute atomic E-state index is 14.6. The van der Waals surface area contributed by atoms with E-state index in [0.717, 1.165) is 10.9 Å². The van der Waals surface area contributed by atoms with Gasteiger partial charge in [-0.05, 0) is 98.7 Å². The molecule has 0 bridgehead atoms. The number of primary amides is 1. The van der Waals surface area contributed by atoms with Crippen molar-refractivity contribution in [1.82, 2.24) is 47.1 Å². The Labute approximate surface area is 467 Å². The number of aromatic amines is 1. The lowest BCUT2D eigenvalue weighted by molar-refractivity contribution is -0.144. The van der Waals surface area contributed by atoms with Gasteiger partial charge in [0.1, 0.15) is 54.1 Å². The molecule has 0 aliphatic carbocycles. The van der Waals surface area contributed by atoms with Crippen LogP contribution in [0.4, 0.5) is 0 Å². The highest BCUT2D eigenvalue weighted by atomic mass is 32.2. The zero-order valence-electron chi connectivity index (χ0n) is 45.1. The standard InChI is InChI=1S/C53H76N12O14S/c1-4-29(2)45(64-47(72)36(18-19-42(56)67)59-49(74)39(26-44(69)70)62-48(73)38(58-43(68)27-55)24-30-14-16-32(66)17-15-30)51(76)61-37(20-23-80-3)52(77)65-22-9-13-41(65)50(75)60-35(12-7-8-21-54)46(71)63-40(53(78)79)25-31-28-57-34-11-6-5-10-33(31)34/h5-6,10-11,14-17,28-29,35-41,45,57,66H,4,7-9,12-13,18-27,54-55H2,1-3H3,(H2,56,67)(H,58,68)(H,59,74)(H,60,75)(H,61,76)(H,62,73)(H,63,71)(H,64,72)(H,69,70)(H,78,79)/t29-,35-,36-,37-,38-,39-,40-,41-,45-/m0/s1. The number of carboxylic acid groups (broad SMARTS) is 2. The predicted molar refractivity (Wildman–Crippen MR) is 295 cm³/mol. The fraction of sp³-hybridized carbons (Fsp3) is 0.528. The van der Waals surface area contributed by atoms with Crippen molar-refractivity contribution in [2.24, 2.45) is 23.1 Å². The van der Waals surface area contributed by atoms with Gasteiger partial charge in [-0.25, -0.2) is 4.79 Å². The second-order valence-corrected chi connectivity index (χ2v) is 20.6. The predicted octanol–water partition coefficient (Wildman–Crippen LogP) is -1.25. The Morgan fingerprint density at radius 1 is 0.725 bits per heavy atom. The molecule has 1 saturated heterocycles. The van der Waals surface area contributed by atoms with Gasteiger partial charge >= 0.3 is 11.9 Å². The molecule has 2 heterocycles. The van der Waals surface area contributed by atoms with Gasteiger partial charge in [-0.15, -0.1) is 0 Å². The molecule has 438 valence electrons. The summed E-state index contributed by atoms with van der Waals surface area (Å²) < 4.78 is 0. The van der Waals surface area contributed by atoms with Crippen LogP contribution in [0, 0.1) is 5.92 Å². The third-order valence-electron chi connectivity index (χ3n) is 13.7. The van der Waals surface area contributed by atoms with Gasteiger partial charge in [0.25, 0.3) is 0 Å². The Balaban J connectivity index is 1.52. The van der Waals surface area contributed by atoms with E-state index in [0.29, 0.717) is 49.1 Å². The highest BCUT2D eigenvalue weighted by Gasteiger charge is 2.41. The average Bonchev–Trinajstić information content (AvgIpc) is 4.11. The monoisotopic (exact) mass is 1140 g/mol. The van der Waals surface area contributed by atoms with Gasteiger partial charge in [-0.2, -0.15) is 11.8 Å². The number of aromatic nitrogens is 1. The van der Waals surface area contributed by atoms with Crippen molar-refractivity contribution in [2.45, 2.75) is 139 Å². The minimum atomic E-state index is -1.86. The number of hydrogen-bond donors (Lipinski definition) is 14. The molecule has 27 heteroatoms. The molecule has 1 aliphatic heterocycles. The van der Waals surface area contributed by atoms with Crippen molar-refractivity contribution in [3.05, 3.63) is 65.9 Å². The van der Waals surface area contributed by atoms with Crippen LogP contribution in [0.3, 0.4) is 0 Å². The van der Waals surface area contributed by atoms with Gasteiger partial charge in [-0.3, -0.25) is 47.9 Å². The van der Waals surface area contributed by atoms with E-state index in [-0.39, 0.29) is 44.4 Å². The summed E-state index contributed by atoms with van der Waals surface area (Å²) in [5.41, 5.74) is 18.5. The van der Waals surface area contributed by atoms with Gasteiger partial charge in [0.05, 0.1) is 13.0 Å². The maximum atomic E-state index is 14.6. The number of nitrogens with one attached hydrogen (secondary N) is 8. The van der Waals surface area contributed by atoms with Crippen LogP contribution in [0.25, 0.3) is 10.9 Å². The number of nitrogens with zero attached hydrogens (tertiary/aromatic N) is 1. The van der Waals surface area contributed by atoms with Crippen LogP contribution in [0.2, 0.25) is 0 Å². The number of nitrogens with two attached hydrogens (primary N) is 3. The van der Waals surface area contributed by atoms with Crippen molar-refractivity contribution in [3.63, 3.8) is 0 Å². The van der Waals surface area contributed by atoms with E-state index in [1.165, 1.54) is 40.9 Å². The number of aliphatic carboxylic acids is 2. The number of carboxylic acids is 2. The summed E-state index contributed by atoms with van der Waals surface area (Å²) in [5.74, 6) is -10.9. The van der Waals surface area contributed by atoms with Crippen LogP contribution in [0.5, 0.6) is 5.75 Å². The number of carbonyl (C=O) groups is 11. The number of amides is 9. The van der Waals surface area contributed by atoms with Crippen LogP contribution in [-0.4, -0.2) is 170 Å². The lowest BCUT2D eigenvalue weighted by Crippen LogP contribution is -2.61. The van der Waals surface area contributed by atoms with Crippen LogP contribution in [0.1, 0.15) is 89.2 Å². The molecule has 1 aliphatic rings. The average molecular weight is 1140 g/mol. The molecule has 0 spiro atoms. The number of benzene rings is 2. The molecule has 0 radical (unpaired) electrons. The van der Waals surface area contributed by atoms with Crippen LogP contribution >= 0.6 is 11.8 Å². The SMILES string of the molecule is CC[C@H](C)[C@H](NC(=O)[C@H](CCC(N)=O)NC(=O)[C@H](CC(=O)O)NC(=O)[C@H](Cc1ccc(O)cc1)NC(=O)CN)C(=O)N[C@@H](CCSC)C(=O)N1CCC[C@H]1C(=O)N[C@@H](CCCCN)C(=O)N[C@@H](Cc1c[nH]c2ccccc12)C(=O)O. The first kappa shape index (κ1) is 64.7. The molecule has 0 saturated carbocycles. The molecule has 4 rings (SSSR count). The molecular weight excluding hydrogens is 1060 g/mol. The number of rotatable bonds is 34. The number of phenols is 1. The van der Waals surface area contributed by atoms with Gasteiger partial charge < -0.3 is 79.6 Å².